The molecule has 1 aliphatic carbocycles. The second-order valence-corrected chi connectivity index (χ2v) is 3.79. The van der Waals surface area contributed by atoms with Crippen LogP contribution >= 0.6 is 0 Å². The molecule has 0 saturated heterocycles. The summed E-state index contributed by atoms with van der Waals surface area (Å²) in [4.78, 5) is 10.7. The molecule has 1 aliphatic rings. The molecule has 1 N–H and O–H groups in total. The lowest BCUT2D eigenvalue weighted by Crippen LogP contribution is -2.20. The third kappa shape index (κ3) is 1.87. The van der Waals surface area contributed by atoms with E-state index in [2.05, 4.69) is 5.10 Å². The number of carbonyl (C=O) groups is 1. The Bertz CT molecular complexity index is 361. The van der Waals surface area contributed by atoms with Crippen LogP contribution in [0.25, 0.3) is 0 Å². The first kappa shape index (κ1) is 10.2. The molecule has 1 heterocycles. The van der Waals surface area contributed by atoms with Crippen LogP contribution in [0.5, 0.6) is 0 Å². The Morgan fingerprint density at radius 2 is 2.47 bits per heavy atom. The smallest absolute Gasteiger partial charge is 0.338 e. The molecule has 5 nitrogen and oxygen atoms in total. The summed E-state index contributed by atoms with van der Waals surface area (Å²) in [5.41, 5.74) is 0.233. The maximum absolute atomic E-state index is 10.7. The number of hydrogen-bond acceptors (Lipinski definition) is 3. The lowest BCUT2D eigenvalue weighted by Gasteiger charge is -2.18. The molecule has 1 aromatic rings. The number of rotatable bonds is 3. The zero-order chi connectivity index (χ0) is 10.8. The predicted molar refractivity (Wildman–Crippen MR) is 52.9 cm³/mol. The highest BCUT2D eigenvalue weighted by Gasteiger charge is 2.29. The Hall–Kier alpha value is -1.36. The van der Waals surface area contributed by atoms with Gasteiger partial charge in [0, 0.05) is 13.3 Å². The first-order valence-electron chi connectivity index (χ1n) is 5.02. The lowest BCUT2D eigenvalue weighted by atomic mass is 10.2. The summed E-state index contributed by atoms with van der Waals surface area (Å²) in [6.45, 7) is 0. The van der Waals surface area contributed by atoms with Gasteiger partial charge in [-0.3, -0.25) is 4.68 Å². The number of nitrogens with zero attached hydrogens (tertiary/aromatic N) is 2. The van der Waals surface area contributed by atoms with Gasteiger partial charge in [-0.2, -0.15) is 5.10 Å². The molecule has 1 fully saturated rings. The van der Waals surface area contributed by atoms with Crippen molar-refractivity contribution < 1.29 is 14.6 Å². The van der Waals surface area contributed by atoms with Crippen molar-refractivity contribution in [2.75, 3.05) is 7.11 Å². The van der Waals surface area contributed by atoms with Gasteiger partial charge in [-0.05, 0) is 19.3 Å². The highest BCUT2D eigenvalue weighted by Crippen LogP contribution is 2.31. The van der Waals surface area contributed by atoms with Crippen LogP contribution in [0.4, 0.5) is 0 Å². The zero-order valence-electron chi connectivity index (χ0n) is 8.59. The number of ether oxygens (including phenoxy) is 1. The van der Waals surface area contributed by atoms with Crippen LogP contribution in [0, 0.1) is 0 Å². The standard InChI is InChI=1S/C10H14N2O3/c1-15-9-4-2-3-8(9)12-6-7(5-11-12)10(13)14/h5-6,8-9H,2-4H2,1H3,(H,13,14)/t8-,9-/m1/s1. The Morgan fingerprint density at radius 3 is 3.07 bits per heavy atom. The van der Waals surface area contributed by atoms with E-state index < -0.39 is 5.97 Å². The summed E-state index contributed by atoms with van der Waals surface area (Å²) < 4.78 is 7.05. The molecule has 82 valence electrons. The normalized spacial score (nSPS) is 25.7. The largest absolute Gasteiger partial charge is 0.478 e. The van der Waals surface area contributed by atoms with E-state index in [9.17, 15) is 4.79 Å². The SMILES string of the molecule is CO[C@@H]1CCC[C@H]1n1cc(C(=O)O)cn1. The second kappa shape index (κ2) is 4.02. The van der Waals surface area contributed by atoms with Crippen LogP contribution in [0.1, 0.15) is 35.7 Å². The predicted octanol–water partition coefficient (Wildman–Crippen LogP) is 1.32. The van der Waals surface area contributed by atoms with E-state index in [0.29, 0.717) is 0 Å². The average Bonchev–Trinajstić information content (AvgIpc) is 2.85. The fraction of sp³-hybridized carbons (Fsp3) is 0.600. The van der Waals surface area contributed by atoms with Crippen molar-refractivity contribution in [1.29, 1.82) is 0 Å². The summed E-state index contributed by atoms with van der Waals surface area (Å²) in [6.07, 6.45) is 6.23. The van der Waals surface area contributed by atoms with Crippen molar-refractivity contribution in [3.63, 3.8) is 0 Å². The first-order chi connectivity index (χ1) is 7.22. The molecule has 0 unspecified atom stereocenters. The molecule has 0 bridgehead atoms. The second-order valence-electron chi connectivity index (χ2n) is 3.79. The maximum atomic E-state index is 10.7. The molecule has 15 heavy (non-hydrogen) atoms. The summed E-state index contributed by atoms with van der Waals surface area (Å²) in [6, 6.07) is 0.183. The molecule has 0 aliphatic heterocycles. The van der Waals surface area contributed by atoms with Gasteiger partial charge in [-0.25, -0.2) is 4.79 Å². The van der Waals surface area contributed by atoms with Crippen LogP contribution in [-0.4, -0.2) is 34.1 Å². The van der Waals surface area contributed by atoms with Gasteiger partial charge in [0.2, 0.25) is 0 Å². The number of carboxylic acid groups (broad SMARTS) is 1. The van der Waals surface area contributed by atoms with Crippen molar-refractivity contribution in [3.8, 4) is 0 Å². The molecule has 0 radical (unpaired) electrons. The van der Waals surface area contributed by atoms with E-state index in [0.717, 1.165) is 19.3 Å². The highest BCUT2D eigenvalue weighted by atomic mass is 16.5. The van der Waals surface area contributed by atoms with Gasteiger partial charge in [0.25, 0.3) is 0 Å². The number of aromatic carboxylic acids is 1. The van der Waals surface area contributed by atoms with E-state index in [4.69, 9.17) is 9.84 Å². The number of hydrogen-bond donors (Lipinski definition) is 1. The molecular formula is C10H14N2O3. The lowest BCUT2D eigenvalue weighted by molar-refractivity contribution is 0.0684. The minimum atomic E-state index is -0.937. The third-order valence-corrected chi connectivity index (χ3v) is 2.91. The number of methoxy groups -OCH3 is 1. The quantitative estimate of drug-likeness (QED) is 0.817. The van der Waals surface area contributed by atoms with E-state index >= 15 is 0 Å². The van der Waals surface area contributed by atoms with Crippen LogP contribution in [0.2, 0.25) is 0 Å². The van der Waals surface area contributed by atoms with Crippen LogP contribution in [0.3, 0.4) is 0 Å². The highest BCUT2D eigenvalue weighted by molar-refractivity contribution is 5.86. The molecule has 1 saturated carbocycles. The van der Waals surface area contributed by atoms with Crippen molar-refractivity contribution in [2.24, 2.45) is 0 Å². The van der Waals surface area contributed by atoms with Crippen LogP contribution < -0.4 is 0 Å². The van der Waals surface area contributed by atoms with Crippen LogP contribution in [-0.2, 0) is 4.74 Å². The van der Waals surface area contributed by atoms with E-state index in [1.165, 1.54) is 6.20 Å². The van der Waals surface area contributed by atoms with Crippen molar-refractivity contribution in [1.82, 2.24) is 9.78 Å². The maximum Gasteiger partial charge on any atom is 0.338 e. The van der Waals surface area contributed by atoms with E-state index in [1.54, 1.807) is 18.0 Å². The van der Waals surface area contributed by atoms with Gasteiger partial charge >= 0.3 is 5.97 Å². The molecule has 0 amide bonds. The zero-order valence-corrected chi connectivity index (χ0v) is 8.59. The minimum Gasteiger partial charge on any atom is -0.478 e. The molecule has 0 spiro atoms. The fourth-order valence-electron chi connectivity index (χ4n) is 2.11. The monoisotopic (exact) mass is 210 g/mol. The summed E-state index contributed by atoms with van der Waals surface area (Å²) >= 11 is 0. The number of aromatic nitrogens is 2. The average molecular weight is 210 g/mol. The topological polar surface area (TPSA) is 64.3 Å². The van der Waals surface area contributed by atoms with Crippen molar-refractivity contribution >= 4 is 5.97 Å². The van der Waals surface area contributed by atoms with Crippen LogP contribution in [0.15, 0.2) is 12.4 Å². The van der Waals surface area contributed by atoms with E-state index in [-0.39, 0.29) is 17.7 Å². The fourth-order valence-corrected chi connectivity index (χ4v) is 2.11. The molecule has 2 rings (SSSR count). The van der Waals surface area contributed by atoms with Gasteiger partial charge in [-0.15, -0.1) is 0 Å². The summed E-state index contributed by atoms with van der Waals surface area (Å²) in [5.74, 6) is -0.937. The van der Waals surface area contributed by atoms with Gasteiger partial charge in [0.05, 0.1) is 23.9 Å². The Kier molecular flexibility index (Phi) is 2.73. The molecule has 2 atom stereocenters. The third-order valence-electron chi connectivity index (χ3n) is 2.91. The number of carboxylic acids is 1. The first-order valence-corrected chi connectivity index (χ1v) is 5.02. The Balaban J connectivity index is 2.18. The van der Waals surface area contributed by atoms with Gasteiger partial charge in [0.15, 0.2) is 0 Å². The molecule has 1 aromatic heterocycles. The molecular weight excluding hydrogens is 196 g/mol. The minimum absolute atomic E-state index is 0.159. The Morgan fingerprint density at radius 1 is 1.67 bits per heavy atom. The van der Waals surface area contributed by atoms with E-state index in [1.807, 2.05) is 0 Å². The van der Waals surface area contributed by atoms with Gasteiger partial charge in [0.1, 0.15) is 0 Å². The Labute approximate surface area is 87.7 Å². The molecule has 0 aromatic carbocycles. The van der Waals surface area contributed by atoms with Gasteiger partial charge in [-0.1, -0.05) is 0 Å². The van der Waals surface area contributed by atoms with Crippen molar-refractivity contribution in [3.05, 3.63) is 18.0 Å². The van der Waals surface area contributed by atoms with Gasteiger partial charge < -0.3 is 9.84 Å². The summed E-state index contributed by atoms with van der Waals surface area (Å²) in [5, 5.41) is 12.9. The summed E-state index contributed by atoms with van der Waals surface area (Å²) in [7, 11) is 1.69. The van der Waals surface area contributed by atoms with Crippen molar-refractivity contribution in [2.45, 2.75) is 31.4 Å². The molecule has 5 heteroatoms.